The topological polar surface area (TPSA) is 57.5 Å². The Kier molecular flexibility index (Phi) is 2.87. The molecule has 1 aromatic carbocycles. The Labute approximate surface area is 81.9 Å². The average molecular weight is 249 g/mol. The van der Waals surface area contributed by atoms with E-state index in [-0.39, 0.29) is 15.8 Å². The van der Waals surface area contributed by atoms with Gasteiger partial charge >= 0.3 is 5.97 Å². The number of hydrogen-bond donors (Lipinski definition) is 2. The third kappa shape index (κ3) is 2.18. The first-order valence-corrected chi connectivity index (χ1v) is 4.19. The molecule has 5 heteroatoms. The van der Waals surface area contributed by atoms with Crippen molar-refractivity contribution in [3.63, 3.8) is 0 Å². The largest absolute Gasteiger partial charge is 0.507 e. The van der Waals surface area contributed by atoms with Crippen LogP contribution in [0.5, 0.6) is 5.75 Å². The van der Waals surface area contributed by atoms with Crippen molar-refractivity contribution in [1.82, 2.24) is 0 Å². The van der Waals surface area contributed by atoms with E-state index in [2.05, 4.69) is 15.9 Å². The lowest BCUT2D eigenvalue weighted by molar-refractivity contribution is -0.136. The lowest BCUT2D eigenvalue weighted by Gasteiger charge is -2.03. The molecule has 13 heavy (non-hydrogen) atoms. The van der Waals surface area contributed by atoms with Crippen molar-refractivity contribution in [2.24, 2.45) is 0 Å². The van der Waals surface area contributed by atoms with E-state index >= 15 is 0 Å². The number of rotatable bonds is 2. The number of aliphatic carboxylic acids is 1. The number of halogens is 2. The highest BCUT2D eigenvalue weighted by Crippen LogP contribution is 2.28. The Morgan fingerprint density at radius 2 is 2.15 bits per heavy atom. The van der Waals surface area contributed by atoms with Crippen LogP contribution in [0.25, 0.3) is 0 Å². The van der Waals surface area contributed by atoms with Gasteiger partial charge in [-0.2, -0.15) is 0 Å². The molecule has 0 amide bonds. The first-order chi connectivity index (χ1) is 6.02. The summed E-state index contributed by atoms with van der Waals surface area (Å²) in [6.45, 7) is 0. The summed E-state index contributed by atoms with van der Waals surface area (Å²) >= 11 is 2.80. The zero-order valence-electron chi connectivity index (χ0n) is 6.42. The summed E-state index contributed by atoms with van der Waals surface area (Å²) in [5, 5.41) is 17.4. The van der Waals surface area contributed by atoms with Gasteiger partial charge in [0.2, 0.25) is 0 Å². The summed E-state index contributed by atoms with van der Waals surface area (Å²) in [7, 11) is 0. The predicted molar refractivity (Wildman–Crippen MR) is 47.1 cm³/mol. The number of benzene rings is 1. The number of carboxylic acid groups (broad SMARTS) is 1. The maximum atomic E-state index is 13.2. The fourth-order valence-corrected chi connectivity index (χ4v) is 1.27. The molecule has 0 heterocycles. The molecular weight excluding hydrogens is 243 g/mol. The molecule has 0 aliphatic rings. The van der Waals surface area contributed by atoms with E-state index in [1.807, 2.05) is 0 Å². The normalized spacial score (nSPS) is 10.0. The molecule has 0 fully saturated rings. The number of phenolic OH excluding ortho intramolecular Hbond substituents is 1. The van der Waals surface area contributed by atoms with Gasteiger partial charge in [0.05, 0.1) is 10.9 Å². The summed E-state index contributed by atoms with van der Waals surface area (Å²) in [6.07, 6.45) is -0.398. The van der Waals surface area contributed by atoms with Gasteiger partial charge in [0.1, 0.15) is 11.6 Å². The summed E-state index contributed by atoms with van der Waals surface area (Å²) in [6, 6.07) is 2.48. The third-order valence-electron chi connectivity index (χ3n) is 1.48. The SMILES string of the molecule is O=C(O)Cc1ccc(O)c(Br)c1F. The van der Waals surface area contributed by atoms with Gasteiger partial charge in [-0.25, -0.2) is 4.39 Å². The Morgan fingerprint density at radius 1 is 1.54 bits per heavy atom. The second kappa shape index (κ2) is 3.74. The predicted octanol–water partition coefficient (Wildman–Crippen LogP) is 1.92. The highest BCUT2D eigenvalue weighted by Gasteiger charge is 2.12. The van der Waals surface area contributed by atoms with Crippen molar-refractivity contribution in [2.75, 3.05) is 0 Å². The standard InChI is InChI=1S/C8H6BrFO3/c9-7-5(11)2-1-4(8(7)10)3-6(12)13/h1-2,11H,3H2,(H,12,13). The molecule has 1 rings (SSSR count). The zero-order valence-corrected chi connectivity index (χ0v) is 8.01. The lowest BCUT2D eigenvalue weighted by Crippen LogP contribution is -2.02. The smallest absolute Gasteiger partial charge is 0.307 e. The van der Waals surface area contributed by atoms with Crippen LogP contribution in [0.4, 0.5) is 4.39 Å². The van der Waals surface area contributed by atoms with Crippen LogP contribution < -0.4 is 0 Å². The summed E-state index contributed by atoms with van der Waals surface area (Å²) < 4.78 is 13.0. The maximum absolute atomic E-state index is 13.2. The molecule has 0 unspecified atom stereocenters. The molecule has 3 nitrogen and oxygen atoms in total. The van der Waals surface area contributed by atoms with Gasteiger partial charge in [-0.15, -0.1) is 0 Å². The first kappa shape index (κ1) is 9.98. The number of hydrogen-bond acceptors (Lipinski definition) is 2. The van der Waals surface area contributed by atoms with Gasteiger partial charge in [-0.1, -0.05) is 6.07 Å². The van der Waals surface area contributed by atoms with Crippen molar-refractivity contribution in [1.29, 1.82) is 0 Å². The quantitative estimate of drug-likeness (QED) is 0.841. The van der Waals surface area contributed by atoms with Crippen LogP contribution in [0, 0.1) is 5.82 Å². The van der Waals surface area contributed by atoms with Crippen molar-refractivity contribution >= 4 is 21.9 Å². The number of phenols is 1. The van der Waals surface area contributed by atoms with Gasteiger partial charge in [-0.05, 0) is 22.0 Å². The lowest BCUT2D eigenvalue weighted by atomic mass is 10.1. The minimum atomic E-state index is -1.11. The highest BCUT2D eigenvalue weighted by atomic mass is 79.9. The van der Waals surface area contributed by atoms with Gasteiger partial charge < -0.3 is 10.2 Å². The number of aromatic hydroxyl groups is 1. The second-order valence-corrected chi connectivity index (χ2v) is 3.24. The molecule has 0 bridgehead atoms. The molecule has 0 spiro atoms. The Morgan fingerprint density at radius 3 is 2.69 bits per heavy atom. The molecule has 0 aliphatic heterocycles. The van der Waals surface area contributed by atoms with Crippen LogP contribution >= 0.6 is 15.9 Å². The fraction of sp³-hybridized carbons (Fsp3) is 0.125. The molecule has 0 saturated carbocycles. The molecule has 0 aliphatic carbocycles. The molecular formula is C8H6BrFO3. The van der Waals surface area contributed by atoms with E-state index in [0.717, 1.165) is 0 Å². The number of carbonyl (C=O) groups is 1. The van der Waals surface area contributed by atoms with Gasteiger partial charge in [0, 0.05) is 5.56 Å². The van der Waals surface area contributed by atoms with Crippen LogP contribution in [0.15, 0.2) is 16.6 Å². The molecule has 70 valence electrons. The molecule has 1 aromatic rings. The van der Waals surface area contributed by atoms with Gasteiger partial charge in [0.15, 0.2) is 0 Å². The zero-order chi connectivity index (χ0) is 10.0. The van der Waals surface area contributed by atoms with Crippen LogP contribution in [0.1, 0.15) is 5.56 Å². The van der Waals surface area contributed by atoms with E-state index in [4.69, 9.17) is 10.2 Å². The van der Waals surface area contributed by atoms with E-state index in [0.29, 0.717) is 0 Å². The number of carboxylic acids is 1. The maximum Gasteiger partial charge on any atom is 0.307 e. The van der Waals surface area contributed by atoms with Crippen LogP contribution in [-0.4, -0.2) is 16.2 Å². The minimum absolute atomic E-state index is 0.0391. The summed E-state index contributed by atoms with van der Waals surface area (Å²) in [5.41, 5.74) is 0.0391. The van der Waals surface area contributed by atoms with E-state index in [1.165, 1.54) is 12.1 Å². The fourth-order valence-electron chi connectivity index (χ4n) is 0.879. The van der Waals surface area contributed by atoms with Crippen LogP contribution in [0.2, 0.25) is 0 Å². The van der Waals surface area contributed by atoms with Crippen molar-refractivity contribution in [2.45, 2.75) is 6.42 Å². The third-order valence-corrected chi connectivity index (χ3v) is 2.24. The van der Waals surface area contributed by atoms with E-state index < -0.39 is 18.2 Å². The van der Waals surface area contributed by atoms with E-state index in [9.17, 15) is 9.18 Å². The molecule has 0 radical (unpaired) electrons. The Hall–Kier alpha value is -1.10. The highest BCUT2D eigenvalue weighted by molar-refractivity contribution is 9.10. The Balaban J connectivity index is 3.10. The Bertz CT molecular complexity index is 351. The molecule has 0 saturated heterocycles. The van der Waals surface area contributed by atoms with Crippen molar-refractivity contribution < 1.29 is 19.4 Å². The van der Waals surface area contributed by atoms with Crippen LogP contribution in [0.3, 0.4) is 0 Å². The molecule has 2 N–H and O–H groups in total. The van der Waals surface area contributed by atoms with Crippen molar-refractivity contribution in [3.05, 3.63) is 28.0 Å². The summed E-state index contributed by atoms with van der Waals surface area (Å²) in [5.74, 6) is -2.09. The molecule has 0 aromatic heterocycles. The van der Waals surface area contributed by atoms with Gasteiger partial charge in [-0.3, -0.25) is 4.79 Å². The average Bonchev–Trinajstić information content (AvgIpc) is 2.06. The monoisotopic (exact) mass is 248 g/mol. The second-order valence-electron chi connectivity index (χ2n) is 2.44. The minimum Gasteiger partial charge on any atom is -0.507 e. The van der Waals surface area contributed by atoms with Gasteiger partial charge in [0.25, 0.3) is 0 Å². The van der Waals surface area contributed by atoms with Crippen LogP contribution in [-0.2, 0) is 11.2 Å². The van der Waals surface area contributed by atoms with E-state index in [1.54, 1.807) is 0 Å². The summed E-state index contributed by atoms with van der Waals surface area (Å²) in [4.78, 5) is 10.3. The first-order valence-electron chi connectivity index (χ1n) is 3.40. The van der Waals surface area contributed by atoms with Crippen molar-refractivity contribution in [3.8, 4) is 5.75 Å². The molecule has 0 atom stereocenters.